The van der Waals surface area contributed by atoms with Gasteiger partial charge in [-0.1, -0.05) is 19.9 Å². The van der Waals surface area contributed by atoms with Crippen molar-refractivity contribution < 1.29 is 42.0 Å². The number of amides is 1. The maximum Gasteiger partial charge on any atom is 0.426 e. The minimum atomic E-state index is -4.91. The van der Waals surface area contributed by atoms with Crippen molar-refractivity contribution in [1.82, 2.24) is 5.32 Å². The molecule has 0 aromatic heterocycles. The molecule has 1 aromatic carbocycles. The van der Waals surface area contributed by atoms with Crippen LogP contribution in [0.25, 0.3) is 0 Å². The fourth-order valence-corrected chi connectivity index (χ4v) is 3.60. The van der Waals surface area contributed by atoms with E-state index in [0.29, 0.717) is 44.5 Å². The maximum atomic E-state index is 13.2. The van der Waals surface area contributed by atoms with Gasteiger partial charge in [0, 0.05) is 39.8 Å². The van der Waals surface area contributed by atoms with Gasteiger partial charge in [0.15, 0.2) is 11.5 Å². The van der Waals surface area contributed by atoms with Gasteiger partial charge in [0.2, 0.25) is 5.60 Å². The second-order valence-electron chi connectivity index (χ2n) is 9.30. The van der Waals surface area contributed by atoms with Crippen LogP contribution in [0.15, 0.2) is 18.2 Å². The third-order valence-electron chi connectivity index (χ3n) is 6.34. The number of aliphatic hydroxyl groups is 1. The van der Waals surface area contributed by atoms with Crippen LogP contribution in [0, 0.1) is 11.8 Å². The van der Waals surface area contributed by atoms with Gasteiger partial charge in [-0.15, -0.1) is 12.4 Å². The van der Waals surface area contributed by atoms with E-state index in [9.17, 15) is 23.1 Å². The monoisotopic (exact) mass is 558 g/mol. The Labute approximate surface area is 223 Å². The molecule has 4 atom stereocenters. The highest BCUT2D eigenvalue weighted by molar-refractivity contribution is 5.86. The number of hydrogen-bond acceptors (Lipinski definition) is 7. The molecular weight excluding hydrogens is 517 g/mol. The first-order valence-corrected chi connectivity index (χ1v) is 11.9. The van der Waals surface area contributed by atoms with Crippen molar-refractivity contribution in [3.05, 3.63) is 23.8 Å². The quantitative estimate of drug-likeness (QED) is 0.266. The van der Waals surface area contributed by atoms with Gasteiger partial charge in [-0.3, -0.25) is 4.79 Å². The van der Waals surface area contributed by atoms with E-state index in [1.807, 2.05) is 32.0 Å². The van der Waals surface area contributed by atoms with Crippen LogP contribution < -0.4 is 20.5 Å². The normalized spacial score (nSPS) is 15.8. The van der Waals surface area contributed by atoms with Crippen LogP contribution >= 0.6 is 12.4 Å². The molecule has 37 heavy (non-hydrogen) atoms. The van der Waals surface area contributed by atoms with Gasteiger partial charge in [-0.25, -0.2) is 0 Å². The number of rotatable bonds is 16. The number of benzene rings is 1. The van der Waals surface area contributed by atoms with Gasteiger partial charge >= 0.3 is 6.18 Å². The number of methoxy groups -OCH3 is 3. The molecule has 0 fully saturated rings. The topological polar surface area (TPSA) is 112 Å². The number of nitrogens with one attached hydrogen (secondary N) is 1. The van der Waals surface area contributed by atoms with Crippen LogP contribution in [-0.2, 0) is 20.7 Å². The standard InChI is InChI=1S/C25H41F3N2O6.ClH/c1-16(2)18(12-17-8-9-21(34-5)22(13-17)36-11-7-10-33-4)14-19(29)20(31)15-30-23(32)24(3,35-6)25(26,27)28;/h8-9,13,16,18-20,31H,7,10-12,14-15,29H2,1-6H3,(H,30,32);1H/t18-,19-,20-,24+;/m0./s1. The third-order valence-corrected chi connectivity index (χ3v) is 6.34. The molecule has 8 nitrogen and oxygen atoms in total. The predicted octanol–water partition coefficient (Wildman–Crippen LogP) is 3.51. The van der Waals surface area contributed by atoms with Gasteiger partial charge in [-0.2, -0.15) is 13.2 Å². The molecule has 0 aliphatic rings. The van der Waals surface area contributed by atoms with Crippen molar-refractivity contribution in [3.63, 3.8) is 0 Å². The summed E-state index contributed by atoms with van der Waals surface area (Å²) in [7, 11) is 4.00. The molecule has 216 valence electrons. The number of nitrogens with two attached hydrogens (primary N) is 1. The lowest BCUT2D eigenvalue weighted by Crippen LogP contribution is -2.58. The van der Waals surface area contributed by atoms with Crippen LogP contribution in [0.3, 0.4) is 0 Å². The first-order valence-electron chi connectivity index (χ1n) is 11.9. The molecular formula is C25H42ClF3N2O6. The summed E-state index contributed by atoms with van der Waals surface area (Å²) in [5.41, 5.74) is 4.16. The van der Waals surface area contributed by atoms with E-state index in [-0.39, 0.29) is 24.2 Å². The van der Waals surface area contributed by atoms with Crippen molar-refractivity contribution in [1.29, 1.82) is 0 Å². The second kappa shape index (κ2) is 16.2. The molecule has 0 radical (unpaired) electrons. The molecule has 0 aliphatic carbocycles. The van der Waals surface area contributed by atoms with Gasteiger partial charge in [-0.05, 0) is 49.3 Å². The third kappa shape index (κ3) is 10.5. The van der Waals surface area contributed by atoms with Gasteiger partial charge < -0.3 is 35.1 Å². The highest BCUT2D eigenvalue weighted by atomic mass is 35.5. The summed E-state index contributed by atoms with van der Waals surface area (Å²) in [4.78, 5) is 12.1. The van der Waals surface area contributed by atoms with Gasteiger partial charge in [0.05, 0.1) is 19.8 Å². The summed E-state index contributed by atoms with van der Waals surface area (Å²) >= 11 is 0. The Hall–Kier alpha value is -1.79. The van der Waals surface area contributed by atoms with E-state index in [2.05, 4.69) is 10.1 Å². The summed E-state index contributed by atoms with van der Waals surface area (Å²) in [6.07, 6.45) is -4.38. The Morgan fingerprint density at radius 2 is 1.78 bits per heavy atom. The van der Waals surface area contributed by atoms with Crippen molar-refractivity contribution >= 4 is 18.3 Å². The van der Waals surface area contributed by atoms with E-state index in [1.54, 1.807) is 14.2 Å². The van der Waals surface area contributed by atoms with E-state index < -0.39 is 36.4 Å². The molecule has 4 N–H and O–H groups in total. The number of aliphatic hydroxyl groups excluding tert-OH is 1. The van der Waals surface area contributed by atoms with Gasteiger partial charge in [0.1, 0.15) is 0 Å². The number of alkyl halides is 3. The summed E-state index contributed by atoms with van der Waals surface area (Å²) in [5.74, 6) is 0.0986. The highest BCUT2D eigenvalue weighted by Crippen LogP contribution is 2.33. The van der Waals surface area contributed by atoms with E-state index in [4.69, 9.17) is 19.9 Å². The zero-order chi connectivity index (χ0) is 27.5. The smallest absolute Gasteiger partial charge is 0.426 e. The Balaban J connectivity index is 0.0000130. The maximum absolute atomic E-state index is 13.2. The molecule has 1 rings (SSSR count). The highest BCUT2D eigenvalue weighted by Gasteiger charge is 2.57. The first kappa shape index (κ1) is 35.2. The molecule has 0 spiro atoms. The van der Waals surface area contributed by atoms with Crippen LogP contribution in [-0.4, -0.2) is 76.0 Å². The summed E-state index contributed by atoms with van der Waals surface area (Å²) in [5, 5.41) is 12.6. The molecule has 0 bridgehead atoms. The summed E-state index contributed by atoms with van der Waals surface area (Å²) < 4.78 is 60.2. The Morgan fingerprint density at radius 3 is 2.30 bits per heavy atom. The first-order chi connectivity index (χ1) is 16.8. The number of halogens is 4. The van der Waals surface area contributed by atoms with E-state index >= 15 is 0 Å². The predicted molar refractivity (Wildman–Crippen MR) is 137 cm³/mol. The lowest BCUT2D eigenvalue weighted by Gasteiger charge is -2.31. The lowest BCUT2D eigenvalue weighted by atomic mass is 9.83. The number of carbonyl (C=O) groups is 1. The van der Waals surface area contributed by atoms with Crippen LogP contribution in [0.4, 0.5) is 13.2 Å². The molecule has 12 heteroatoms. The second-order valence-corrected chi connectivity index (χ2v) is 9.30. The van der Waals surface area contributed by atoms with Crippen molar-refractivity contribution in [2.24, 2.45) is 17.6 Å². The molecule has 0 unspecified atom stereocenters. The molecule has 1 aromatic rings. The Morgan fingerprint density at radius 1 is 1.14 bits per heavy atom. The van der Waals surface area contributed by atoms with Crippen molar-refractivity contribution in [3.8, 4) is 11.5 Å². The molecule has 1 amide bonds. The van der Waals surface area contributed by atoms with Crippen LogP contribution in [0.1, 0.15) is 39.2 Å². The number of carbonyl (C=O) groups excluding carboxylic acids is 1. The average molecular weight is 559 g/mol. The molecule has 0 saturated carbocycles. The van der Waals surface area contributed by atoms with Gasteiger partial charge in [0.25, 0.3) is 5.91 Å². The molecule has 0 heterocycles. The SMILES string of the molecule is COCCCOc1cc(C[C@@H](C[C@H](N)[C@@H](O)CNC(=O)[C@@](C)(OC)C(F)(F)F)C(C)C)ccc1OC.Cl. The fraction of sp³-hybridized carbons (Fsp3) is 0.720. The largest absolute Gasteiger partial charge is 0.493 e. The van der Waals surface area contributed by atoms with Crippen LogP contribution in [0.2, 0.25) is 0 Å². The number of ether oxygens (including phenoxy) is 4. The van der Waals surface area contributed by atoms with E-state index in [0.717, 1.165) is 19.1 Å². The zero-order valence-corrected chi connectivity index (χ0v) is 23.2. The number of hydrogen-bond donors (Lipinski definition) is 3. The van der Waals surface area contributed by atoms with Crippen LogP contribution in [0.5, 0.6) is 11.5 Å². The van der Waals surface area contributed by atoms with E-state index in [1.165, 1.54) is 0 Å². The van der Waals surface area contributed by atoms with Crippen molar-refractivity contribution in [2.45, 2.75) is 64.0 Å². The average Bonchev–Trinajstić information content (AvgIpc) is 2.83. The summed E-state index contributed by atoms with van der Waals surface area (Å²) in [6.45, 7) is 5.32. The minimum absolute atomic E-state index is 0. The summed E-state index contributed by atoms with van der Waals surface area (Å²) in [6, 6.07) is 4.91. The zero-order valence-electron chi connectivity index (χ0n) is 22.4. The Kier molecular flexibility index (Phi) is 15.4. The minimum Gasteiger partial charge on any atom is -0.493 e. The molecule has 0 saturated heterocycles. The van der Waals surface area contributed by atoms with Crippen molar-refractivity contribution in [2.75, 3.05) is 41.1 Å². The fourth-order valence-electron chi connectivity index (χ4n) is 3.60. The molecule has 0 aliphatic heterocycles. The Bertz CT molecular complexity index is 815. The lowest BCUT2D eigenvalue weighted by molar-refractivity contribution is -0.253.